The summed E-state index contributed by atoms with van der Waals surface area (Å²) in [7, 11) is 1.50. The van der Waals surface area contributed by atoms with Gasteiger partial charge in [-0.15, -0.1) is 11.8 Å². The second kappa shape index (κ2) is 8.16. The highest BCUT2D eigenvalue weighted by Crippen LogP contribution is 2.43. The zero-order valence-electron chi connectivity index (χ0n) is 15.6. The number of aromatic amines is 1. The molecule has 1 aromatic carbocycles. The topological polar surface area (TPSA) is 62.4 Å². The van der Waals surface area contributed by atoms with E-state index in [1.54, 1.807) is 0 Å². The van der Waals surface area contributed by atoms with Crippen LogP contribution in [0, 0.1) is 0 Å². The molecular weight excluding hydrogens is 348 g/mol. The number of nitrogens with zero attached hydrogens (tertiary/aromatic N) is 1. The largest absolute Gasteiger partial charge is 0.495 e. The van der Waals surface area contributed by atoms with E-state index < -0.39 is 5.56 Å². The van der Waals surface area contributed by atoms with Gasteiger partial charge in [-0.2, -0.15) is 0 Å². The van der Waals surface area contributed by atoms with Crippen LogP contribution in [0.3, 0.4) is 0 Å². The lowest BCUT2D eigenvalue weighted by molar-refractivity contribution is 0.111. The number of hydrogen-bond donors (Lipinski definition) is 1. The second-order valence-corrected chi connectivity index (χ2v) is 8.03. The number of rotatable bonds is 7. The molecule has 26 heavy (non-hydrogen) atoms. The normalized spacial score (nSPS) is 16.6. The molecule has 1 aliphatic rings. The van der Waals surface area contributed by atoms with Crippen molar-refractivity contribution < 1.29 is 9.53 Å². The van der Waals surface area contributed by atoms with E-state index in [0.717, 1.165) is 24.9 Å². The molecule has 0 spiro atoms. The third kappa shape index (κ3) is 3.47. The Balaban J connectivity index is 2.13. The molecule has 2 aromatic rings. The van der Waals surface area contributed by atoms with Crippen molar-refractivity contribution in [2.45, 2.75) is 49.7 Å². The summed E-state index contributed by atoms with van der Waals surface area (Å²) in [6, 6.07) is 4.10. The highest BCUT2D eigenvalue weighted by atomic mass is 32.2. The third-order valence-electron chi connectivity index (χ3n) is 4.95. The number of fused-ring (bicyclic) bond motifs is 2. The number of benzene rings is 1. The van der Waals surface area contributed by atoms with Crippen LogP contribution in [0.4, 0.5) is 5.69 Å². The van der Waals surface area contributed by atoms with Gasteiger partial charge >= 0.3 is 0 Å². The lowest BCUT2D eigenvalue weighted by Gasteiger charge is -2.36. The molecule has 0 aliphatic carbocycles. The first-order valence-electron chi connectivity index (χ1n) is 9.27. The van der Waals surface area contributed by atoms with Gasteiger partial charge in [-0.05, 0) is 25.0 Å². The van der Waals surface area contributed by atoms with E-state index in [1.165, 1.54) is 37.0 Å². The number of aromatic nitrogens is 1. The minimum atomic E-state index is -0.406. The number of methoxy groups -OCH3 is 1. The average molecular weight is 375 g/mol. The summed E-state index contributed by atoms with van der Waals surface area (Å²) in [5.74, 6) is 0.360. The molecule has 0 saturated carbocycles. The number of ether oxygens (including phenoxy) is 1. The maximum absolute atomic E-state index is 12.2. The molecule has 0 saturated heterocycles. The Morgan fingerprint density at radius 1 is 1.35 bits per heavy atom. The van der Waals surface area contributed by atoms with E-state index in [9.17, 15) is 9.59 Å². The summed E-state index contributed by atoms with van der Waals surface area (Å²) in [4.78, 5) is 30.0. The van der Waals surface area contributed by atoms with Crippen LogP contribution in [0.25, 0.3) is 10.9 Å². The number of nitrogens with one attached hydrogen (secondary N) is 1. The molecule has 0 bridgehead atoms. The molecule has 0 amide bonds. The van der Waals surface area contributed by atoms with E-state index in [4.69, 9.17) is 4.74 Å². The van der Waals surface area contributed by atoms with Crippen molar-refractivity contribution >= 4 is 34.6 Å². The van der Waals surface area contributed by atoms with Crippen molar-refractivity contribution in [1.82, 2.24) is 4.98 Å². The standard InChI is InChI=1S/C20H26N2O3S/c1-4-6-7-8-22-11-13(5-2)26-18-9-14-16(10-17(18)22)21-20(24)15(12-23)19(14)25-3/h9-10,12-13H,4-8,11H2,1-3H3,(H,21,24). The number of carbonyl (C=O) groups excluding carboxylic acids is 1. The number of pyridine rings is 1. The van der Waals surface area contributed by atoms with E-state index in [0.29, 0.717) is 22.8 Å². The molecule has 1 atom stereocenters. The summed E-state index contributed by atoms with van der Waals surface area (Å²) >= 11 is 1.87. The number of H-pyrrole nitrogens is 1. The fourth-order valence-corrected chi connectivity index (χ4v) is 4.78. The molecule has 1 unspecified atom stereocenters. The van der Waals surface area contributed by atoms with E-state index >= 15 is 0 Å². The zero-order chi connectivity index (χ0) is 18.7. The first-order chi connectivity index (χ1) is 12.6. The van der Waals surface area contributed by atoms with Crippen LogP contribution < -0.4 is 15.2 Å². The van der Waals surface area contributed by atoms with E-state index in [2.05, 4.69) is 29.8 Å². The number of hydrogen-bond acceptors (Lipinski definition) is 5. The molecule has 0 radical (unpaired) electrons. The van der Waals surface area contributed by atoms with Crippen LogP contribution in [-0.4, -0.2) is 36.7 Å². The lowest BCUT2D eigenvalue weighted by Crippen LogP contribution is -2.35. The molecule has 1 aliphatic heterocycles. The Labute approximate surface area is 158 Å². The number of anilines is 1. The lowest BCUT2D eigenvalue weighted by atomic mass is 10.1. The van der Waals surface area contributed by atoms with E-state index in [1.807, 2.05) is 17.8 Å². The summed E-state index contributed by atoms with van der Waals surface area (Å²) in [5.41, 5.74) is 1.52. The highest BCUT2D eigenvalue weighted by molar-refractivity contribution is 8.00. The number of thioether (sulfide) groups is 1. The fraction of sp³-hybridized carbons (Fsp3) is 0.500. The second-order valence-electron chi connectivity index (χ2n) is 6.69. The summed E-state index contributed by atoms with van der Waals surface area (Å²) < 4.78 is 5.41. The third-order valence-corrected chi connectivity index (χ3v) is 6.35. The monoisotopic (exact) mass is 374 g/mol. The quantitative estimate of drug-likeness (QED) is 0.580. The van der Waals surface area contributed by atoms with Crippen LogP contribution in [0.2, 0.25) is 0 Å². The van der Waals surface area contributed by atoms with E-state index in [-0.39, 0.29) is 5.56 Å². The van der Waals surface area contributed by atoms with Crippen LogP contribution in [0.5, 0.6) is 5.75 Å². The molecule has 5 nitrogen and oxygen atoms in total. The number of carbonyl (C=O) groups is 1. The molecular formula is C20H26N2O3S. The van der Waals surface area contributed by atoms with Gasteiger partial charge in [-0.3, -0.25) is 9.59 Å². The van der Waals surface area contributed by atoms with Crippen molar-refractivity contribution in [3.63, 3.8) is 0 Å². The molecule has 2 heterocycles. The van der Waals surface area contributed by atoms with Crippen molar-refractivity contribution in [3.05, 3.63) is 28.0 Å². The first-order valence-corrected chi connectivity index (χ1v) is 10.2. The van der Waals surface area contributed by atoms with Gasteiger partial charge in [0.25, 0.3) is 5.56 Å². The van der Waals surface area contributed by atoms with Gasteiger partial charge < -0.3 is 14.6 Å². The molecule has 1 aromatic heterocycles. The summed E-state index contributed by atoms with van der Waals surface area (Å²) in [5, 5.41) is 1.33. The zero-order valence-corrected chi connectivity index (χ0v) is 16.4. The number of aldehydes is 1. The Morgan fingerprint density at radius 2 is 2.15 bits per heavy atom. The molecule has 6 heteroatoms. The van der Waals surface area contributed by atoms with Crippen LogP contribution >= 0.6 is 11.8 Å². The van der Waals surface area contributed by atoms with Crippen LogP contribution in [-0.2, 0) is 0 Å². The van der Waals surface area contributed by atoms with Gasteiger partial charge in [0.15, 0.2) is 6.29 Å². The van der Waals surface area contributed by atoms with Crippen molar-refractivity contribution in [2.75, 3.05) is 25.1 Å². The van der Waals surface area contributed by atoms with Crippen LogP contribution in [0.1, 0.15) is 49.9 Å². The van der Waals surface area contributed by atoms with Crippen molar-refractivity contribution in [1.29, 1.82) is 0 Å². The minimum absolute atomic E-state index is 0.0487. The van der Waals surface area contributed by atoms with Gasteiger partial charge in [0.2, 0.25) is 0 Å². The summed E-state index contributed by atoms with van der Waals surface area (Å²) in [6.07, 6.45) is 5.25. The Kier molecular flexibility index (Phi) is 5.91. The molecule has 1 N–H and O–H groups in total. The molecule has 3 rings (SSSR count). The fourth-order valence-electron chi connectivity index (χ4n) is 3.50. The van der Waals surface area contributed by atoms with Crippen LogP contribution in [0.15, 0.2) is 21.8 Å². The predicted octanol–water partition coefficient (Wildman–Crippen LogP) is 4.23. The highest BCUT2D eigenvalue weighted by Gasteiger charge is 2.26. The van der Waals surface area contributed by atoms with Gasteiger partial charge in [0, 0.05) is 28.6 Å². The Morgan fingerprint density at radius 3 is 2.81 bits per heavy atom. The average Bonchev–Trinajstić information content (AvgIpc) is 2.65. The predicted molar refractivity (Wildman–Crippen MR) is 108 cm³/mol. The van der Waals surface area contributed by atoms with Gasteiger partial charge in [0.05, 0.1) is 18.3 Å². The van der Waals surface area contributed by atoms with Crippen molar-refractivity contribution in [3.8, 4) is 5.75 Å². The smallest absolute Gasteiger partial charge is 0.262 e. The molecule has 0 fully saturated rings. The molecule has 140 valence electrons. The summed E-state index contributed by atoms with van der Waals surface area (Å²) in [6.45, 7) is 6.48. The number of unbranched alkanes of at least 4 members (excludes halogenated alkanes) is 2. The SMILES string of the molecule is CCCCCN1CC(CC)Sc2cc3c(OC)c(C=O)c(=O)[nH]c3cc21. The minimum Gasteiger partial charge on any atom is -0.495 e. The maximum atomic E-state index is 12.2. The Hall–Kier alpha value is -1.95. The van der Waals surface area contributed by atoms with Crippen molar-refractivity contribution in [2.24, 2.45) is 0 Å². The van der Waals surface area contributed by atoms with Gasteiger partial charge in [-0.1, -0.05) is 26.7 Å². The van der Waals surface area contributed by atoms with Gasteiger partial charge in [-0.25, -0.2) is 0 Å². The Bertz CT molecular complexity index is 862. The van der Waals surface area contributed by atoms with Gasteiger partial charge in [0.1, 0.15) is 11.3 Å². The first kappa shape index (κ1) is 18.8. The maximum Gasteiger partial charge on any atom is 0.262 e.